The first-order chi connectivity index (χ1) is 13.0. The lowest BCUT2D eigenvalue weighted by Crippen LogP contribution is -2.28. The minimum absolute atomic E-state index is 0.138. The van der Waals surface area contributed by atoms with Crippen LogP contribution in [-0.4, -0.2) is 25.7 Å². The Morgan fingerprint density at radius 1 is 1.22 bits per heavy atom. The van der Waals surface area contributed by atoms with E-state index in [0.29, 0.717) is 31.1 Å². The van der Waals surface area contributed by atoms with Crippen molar-refractivity contribution in [3.05, 3.63) is 81.8 Å². The van der Waals surface area contributed by atoms with E-state index in [1.165, 1.54) is 0 Å². The van der Waals surface area contributed by atoms with E-state index in [2.05, 4.69) is 34.2 Å². The molecule has 0 saturated carbocycles. The van der Waals surface area contributed by atoms with Gasteiger partial charge in [0.2, 0.25) is 0 Å². The van der Waals surface area contributed by atoms with Crippen molar-refractivity contribution in [3.63, 3.8) is 0 Å². The molecule has 0 radical (unpaired) electrons. The SMILES string of the molecule is CC(C)Cc1cc(C(=O)NCc2ccccc2Cn2cccn2)nc(=O)[nH]1. The van der Waals surface area contributed by atoms with Crippen LogP contribution in [0.1, 0.15) is 41.2 Å². The van der Waals surface area contributed by atoms with Crippen molar-refractivity contribution in [2.45, 2.75) is 33.4 Å². The highest BCUT2D eigenvalue weighted by Crippen LogP contribution is 2.11. The fourth-order valence-electron chi connectivity index (χ4n) is 2.89. The van der Waals surface area contributed by atoms with E-state index in [1.54, 1.807) is 12.3 Å². The van der Waals surface area contributed by atoms with E-state index in [-0.39, 0.29) is 11.6 Å². The highest BCUT2D eigenvalue weighted by Gasteiger charge is 2.12. The molecule has 0 aliphatic carbocycles. The molecular formula is C20H23N5O2. The molecule has 2 N–H and O–H groups in total. The van der Waals surface area contributed by atoms with Gasteiger partial charge in [0, 0.05) is 24.6 Å². The number of hydrogen-bond acceptors (Lipinski definition) is 4. The zero-order valence-corrected chi connectivity index (χ0v) is 15.5. The number of aromatic nitrogens is 4. The molecule has 2 heterocycles. The van der Waals surface area contributed by atoms with Gasteiger partial charge in [-0.05, 0) is 35.6 Å². The molecule has 0 bridgehead atoms. The Balaban J connectivity index is 1.71. The standard InChI is InChI=1S/C20H23N5O2/c1-14(2)10-17-11-18(24-20(27)23-17)19(26)21-12-15-6-3-4-7-16(15)13-25-9-5-8-22-25/h3-9,11,14H,10,12-13H2,1-2H3,(H,21,26)(H,23,24,27). The predicted octanol–water partition coefficient (Wildman–Crippen LogP) is 2.14. The molecule has 2 aromatic heterocycles. The number of carbonyl (C=O) groups is 1. The van der Waals surface area contributed by atoms with Gasteiger partial charge >= 0.3 is 5.69 Å². The van der Waals surface area contributed by atoms with Crippen molar-refractivity contribution in [3.8, 4) is 0 Å². The number of rotatable bonds is 7. The molecule has 0 atom stereocenters. The van der Waals surface area contributed by atoms with Gasteiger partial charge in [-0.15, -0.1) is 0 Å². The van der Waals surface area contributed by atoms with Gasteiger partial charge in [-0.2, -0.15) is 10.1 Å². The molecule has 0 fully saturated rings. The van der Waals surface area contributed by atoms with Gasteiger partial charge in [-0.1, -0.05) is 38.1 Å². The predicted molar refractivity (Wildman–Crippen MR) is 102 cm³/mol. The Kier molecular flexibility index (Phi) is 5.80. The van der Waals surface area contributed by atoms with Crippen molar-refractivity contribution >= 4 is 5.91 Å². The van der Waals surface area contributed by atoms with Gasteiger partial charge in [-0.25, -0.2) is 4.79 Å². The van der Waals surface area contributed by atoms with E-state index in [4.69, 9.17) is 0 Å². The zero-order chi connectivity index (χ0) is 19.2. The zero-order valence-electron chi connectivity index (χ0n) is 15.5. The number of amides is 1. The number of aromatic amines is 1. The van der Waals surface area contributed by atoms with Crippen LogP contribution in [0.4, 0.5) is 0 Å². The smallest absolute Gasteiger partial charge is 0.345 e. The largest absolute Gasteiger partial charge is 0.347 e. The summed E-state index contributed by atoms with van der Waals surface area (Å²) in [6, 6.07) is 11.4. The van der Waals surface area contributed by atoms with Crippen molar-refractivity contribution in [2.75, 3.05) is 0 Å². The first-order valence-corrected chi connectivity index (χ1v) is 8.94. The van der Waals surface area contributed by atoms with Crippen LogP contribution in [0.2, 0.25) is 0 Å². The summed E-state index contributed by atoms with van der Waals surface area (Å²) >= 11 is 0. The van der Waals surface area contributed by atoms with E-state index in [0.717, 1.165) is 11.1 Å². The van der Waals surface area contributed by atoms with Gasteiger partial charge in [0.15, 0.2) is 0 Å². The summed E-state index contributed by atoms with van der Waals surface area (Å²) in [5.74, 6) is 0.00753. The highest BCUT2D eigenvalue weighted by atomic mass is 16.2. The maximum atomic E-state index is 12.5. The lowest BCUT2D eigenvalue weighted by Gasteiger charge is -2.11. The third kappa shape index (κ3) is 5.13. The molecule has 0 saturated heterocycles. The van der Waals surface area contributed by atoms with Crippen molar-refractivity contribution in [2.24, 2.45) is 5.92 Å². The Hall–Kier alpha value is -3.22. The molecule has 140 valence electrons. The van der Waals surface area contributed by atoms with Gasteiger partial charge in [-0.3, -0.25) is 9.48 Å². The molecular weight excluding hydrogens is 342 g/mol. The minimum Gasteiger partial charge on any atom is -0.347 e. The van der Waals surface area contributed by atoms with Crippen molar-refractivity contribution in [1.29, 1.82) is 0 Å². The third-order valence-electron chi connectivity index (χ3n) is 4.11. The molecule has 0 aliphatic heterocycles. The summed E-state index contributed by atoms with van der Waals surface area (Å²) in [4.78, 5) is 30.7. The topological polar surface area (TPSA) is 92.7 Å². The van der Waals surface area contributed by atoms with Crippen molar-refractivity contribution in [1.82, 2.24) is 25.1 Å². The second kappa shape index (κ2) is 8.44. The second-order valence-electron chi connectivity index (χ2n) is 6.85. The summed E-state index contributed by atoms with van der Waals surface area (Å²) in [6.45, 7) is 5.08. The van der Waals surface area contributed by atoms with Crippen LogP contribution in [0.25, 0.3) is 0 Å². The molecule has 3 rings (SSSR count). The highest BCUT2D eigenvalue weighted by molar-refractivity contribution is 5.92. The van der Waals surface area contributed by atoms with Crippen LogP contribution >= 0.6 is 0 Å². The summed E-state index contributed by atoms with van der Waals surface area (Å²) in [6.07, 6.45) is 4.31. The summed E-state index contributed by atoms with van der Waals surface area (Å²) in [5, 5.41) is 7.08. The first kappa shape index (κ1) is 18.6. The lowest BCUT2D eigenvalue weighted by molar-refractivity contribution is 0.0945. The van der Waals surface area contributed by atoms with Gasteiger partial charge in [0.1, 0.15) is 5.69 Å². The monoisotopic (exact) mass is 365 g/mol. The maximum absolute atomic E-state index is 12.5. The number of nitrogens with one attached hydrogen (secondary N) is 2. The lowest BCUT2D eigenvalue weighted by atomic mass is 10.1. The second-order valence-corrected chi connectivity index (χ2v) is 6.85. The fraction of sp³-hybridized carbons (Fsp3) is 0.300. The number of H-pyrrole nitrogens is 1. The summed E-state index contributed by atoms with van der Waals surface area (Å²) in [7, 11) is 0. The van der Waals surface area contributed by atoms with E-state index in [9.17, 15) is 9.59 Å². The molecule has 1 aromatic carbocycles. The van der Waals surface area contributed by atoms with Crippen LogP contribution in [0, 0.1) is 5.92 Å². The first-order valence-electron chi connectivity index (χ1n) is 8.94. The molecule has 0 aliphatic rings. The number of benzene rings is 1. The average Bonchev–Trinajstić information content (AvgIpc) is 3.12. The van der Waals surface area contributed by atoms with Crippen LogP contribution in [0.5, 0.6) is 0 Å². The average molecular weight is 365 g/mol. The molecule has 27 heavy (non-hydrogen) atoms. The summed E-state index contributed by atoms with van der Waals surface area (Å²) < 4.78 is 1.83. The molecule has 1 amide bonds. The van der Waals surface area contributed by atoms with Crippen LogP contribution in [-0.2, 0) is 19.5 Å². The molecule has 0 spiro atoms. The van der Waals surface area contributed by atoms with Crippen LogP contribution in [0.15, 0.2) is 53.6 Å². The third-order valence-corrected chi connectivity index (χ3v) is 4.11. The Bertz CT molecular complexity index is 961. The maximum Gasteiger partial charge on any atom is 0.345 e. The van der Waals surface area contributed by atoms with Gasteiger partial charge < -0.3 is 10.3 Å². The van der Waals surface area contributed by atoms with Crippen LogP contribution < -0.4 is 11.0 Å². The Morgan fingerprint density at radius 3 is 2.70 bits per heavy atom. The molecule has 3 aromatic rings. The van der Waals surface area contributed by atoms with E-state index < -0.39 is 5.69 Å². The normalized spacial score (nSPS) is 10.9. The van der Waals surface area contributed by atoms with Gasteiger partial charge in [0.25, 0.3) is 5.91 Å². The fourth-order valence-corrected chi connectivity index (χ4v) is 2.89. The van der Waals surface area contributed by atoms with E-state index >= 15 is 0 Å². The van der Waals surface area contributed by atoms with Gasteiger partial charge in [0.05, 0.1) is 6.54 Å². The number of carbonyl (C=O) groups excluding carboxylic acids is 1. The summed E-state index contributed by atoms with van der Waals surface area (Å²) in [5.41, 5.74) is 2.42. The number of hydrogen-bond donors (Lipinski definition) is 2. The van der Waals surface area contributed by atoms with Crippen molar-refractivity contribution < 1.29 is 4.79 Å². The Morgan fingerprint density at radius 2 is 2.00 bits per heavy atom. The van der Waals surface area contributed by atoms with E-state index in [1.807, 2.05) is 41.2 Å². The molecule has 7 nitrogen and oxygen atoms in total. The quantitative estimate of drug-likeness (QED) is 0.671. The Labute approximate surface area is 157 Å². The molecule has 7 heteroatoms. The number of nitrogens with zero attached hydrogens (tertiary/aromatic N) is 3. The minimum atomic E-state index is -0.502. The molecule has 0 unspecified atom stereocenters. The van der Waals surface area contributed by atoms with Crippen LogP contribution in [0.3, 0.4) is 0 Å².